The number of rotatable bonds is 1. The topological polar surface area (TPSA) is 97.8 Å². The lowest BCUT2D eigenvalue weighted by Gasteiger charge is -2.35. The maximum absolute atomic E-state index is 15.8. The highest BCUT2D eigenvalue weighted by Gasteiger charge is 2.50. The van der Waals surface area contributed by atoms with Crippen LogP contribution in [0.3, 0.4) is 0 Å². The van der Waals surface area contributed by atoms with Crippen molar-refractivity contribution in [1.82, 2.24) is 15.2 Å². The summed E-state index contributed by atoms with van der Waals surface area (Å²) < 4.78 is 43.5. The molecule has 3 aliphatic rings. The Kier molecular flexibility index (Phi) is 8.15. The highest BCUT2D eigenvalue weighted by molar-refractivity contribution is 6.31. The van der Waals surface area contributed by atoms with Crippen molar-refractivity contribution in [1.29, 1.82) is 0 Å². The Labute approximate surface area is 249 Å². The van der Waals surface area contributed by atoms with Crippen LogP contribution in [0.5, 0.6) is 5.88 Å². The average molecular weight is 606 g/mol. The van der Waals surface area contributed by atoms with Crippen molar-refractivity contribution in [2.75, 3.05) is 6.54 Å². The number of carbonyl (C=O) groups excluding carboxylic acids is 3. The molecule has 6 atom stereocenters. The first kappa shape index (κ1) is 30.4. The number of hydrogen-bond acceptors (Lipinski definition) is 6. The summed E-state index contributed by atoms with van der Waals surface area (Å²) >= 11 is 6.17. The Balaban J connectivity index is 1.56. The van der Waals surface area contributed by atoms with E-state index in [1.54, 1.807) is 25.1 Å². The Morgan fingerprint density at radius 1 is 1.14 bits per heavy atom. The average Bonchev–Trinajstić information content (AvgIpc) is 3.54. The van der Waals surface area contributed by atoms with Gasteiger partial charge in [-0.25, -0.2) is 18.6 Å². The van der Waals surface area contributed by atoms with E-state index in [1.807, 2.05) is 20.8 Å². The van der Waals surface area contributed by atoms with Crippen LogP contribution in [0, 0.1) is 17.3 Å². The molecule has 2 aliphatic heterocycles. The molecule has 0 radical (unpaired) electrons. The van der Waals surface area contributed by atoms with Crippen LogP contribution in [-0.2, 0) is 20.2 Å². The summed E-state index contributed by atoms with van der Waals surface area (Å²) in [6.45, 7) is 8.54. The first-order valence-corrected chi connectivity index (χ1v) is 15.0. The third-order valence-electron chi connectivity index (χ3n) is 8.71. The predicted octanol–water partition coefficient (Wildman–Crippen LogP) is 6.27. The minimum Gasteiger partial charge on any atom is -0.472 e. The zero-order valence-electron chi connectivity index (χ0n) is 24.6. The lowest BCUT2D eigenvalue weighted by Crippen LogP contribution is -2.57. The summed E-state index contributed by atoms with van der Waals surface area (Å²) in [6, 6.07) is 4.38. The number of amides is 2. The van der Waals surface area contributed by atoms with Gasteiger partial charge in [0.05, 0.1) is 23.7 Å². The van der Waals surface area contributed by atoms with E-state index in [0.717, 1.165) is 0 Å². The van der Waals surface area contributed by atoms with Crippen LogP contribution in [-0.4, -0.2) is 58.5 Å². The van der Waals surface area contributed by atoms with Gasteiger partial charge >= 0.3 is 6.09 Å². The van der Waals surface area contributed by atoms with Crippen molar-refractivity contribution in [3.63, 3.8) is 0 Å². The predicted molar refractivity (Wildman–Crippen MR) is 154 cm³/mol. The fourth-order valence-electron chi connectivity index (χ4n) is 6.20. The molecule has 2 amide bonds. The van der Waals surface area contributed by atoms with Gasteiger partial charge in [0.1, 0.15) is 18.2 Å². The third-order valence-corrected chi connectivity index (χ3v) is 8.94. The van der Waals surface area contributed by atoms with Crippen LogP contribution in [0.25, 0.3) is 10.9 Å². The number of halogens is 3. The zero-order chi connectivity index (χ0) is 30.6. The van der Waals surface area contributed by atoms with Gasteiger partial charge in [-0.2, -0.15) is 0 Å². The van der Waals surface area contributed by atoms with Crippen LogP contribution in [0.2, 0.25) is 5.02 Å². The molecular formula is C31H38ClF2N3O5. The molecule has 2 fully saturated rings. The van der Waals surface area contributed by atoms with E-state index in [1.165, 1.54) is 17.9 Å². The molecule has 5 rings (SSSR count). The van der Waals surface area contributed by atoms with Gasteiger partial charge < -0.3 is 19.7 Å². The van der Waals surface area contributed by atoms with Crippen LogP contribution >= 0.6 is 11.6 Å². The Bertz CT molecular complexity index is 1400. The van der Waals surface area contributed by atoms with Gasteiger partial charge in [0.25, 0.3) is 5.92 Å². The smallest absolute Gasteiger partial charge is 0.408 e. The lowest BCUT2D eigenvalue weighted by atomic mass is 9.85. The fraction of sp³-hybridized carbons (Fsp3) is 0.613. The van der Waals surface area contributed by atoms with Gasteiger partial charge in [-0.3, -0.25) is 9.59 Å². The second kappa shape index (κ2) is 11.2. The number of fused-ring (bicyclic) bond motifs is 5. The van der Waals surface area contributed by atoms with E-state index in [0.29, 0.717) is 35.2 Å². The number of nitrogens with one attached hydrogen (secondary N) is 1. The molecule has 8 nitrogen and oxygen atoms in total. The SMILES string of the molecule is CC(=O)[C@@H]1[C@H](C)[C@@H]2CN1C(=O)[C@H](C(C)(C)C)NC(=O)O[C@@H]1C[C@H]1CCCCC(F)(F)c1cc3ccc(Cl)cc3nc1O2. The van der Waals surface area contributed by atoms with E-state index in [2.05, 4.69) is 10.3 Å². The number of benzene rings is 1. The third kappa shape index (κ3) is 6.19. The molecular weight excluding hydrogens is 568 g/mol. The van der Waals surface area contributed by atoms with Gasteiger partial charge in [-0.15, -0.1) is 0 Å². The second-order valence-corrected chi connectivity index (χ2v) is 13.5. The van der Waals surface area contributed by atoms with Crippen molar-refractivity contribution >= 4 is 40.3 Å². The molecule has 1 aromatic carbocycles. The van der Waals surface area contributed by atoms with Crippen molar-refractivity contribution in [2.24, 2.45) is 17.3 Å². The number of nitrogens with zero attached hydrogens (tertiary/aromatic N) is 2. The van der Waals surface area contributed by atoms with Gasteiger partial charge in [0.15, 0.2) is 5.78 Å². The number of alkyl carbamates (subject to hydrolysis) is 1. The minimum absolute atomic E-state index is 0.0431. The highest BCUT2D eigenvalue weighted by Crippen LogP contribution is 2.43. The molecule has 0 spiro atoms. The van der Waals surface area contributed by atoms with Crippen molar-refractivity contribution < 1.29 is 32.6 Å². The lowest BCUT2D eigenvalue weighted by molar-refractivity contribution is -0.141. The number of Topliss-reactive ketones (excluding diaryl/α,β-unsaturated/α-hetero) is 1. The van der Waals surface area contributed by atoms with Gasteiger partial charge in [-0.1, -0.05) is 51.8 Å². The van der Waals surface area contributed by atoms with E-state index >= 15 is 8.78 Å². The molecule has 1 aromatic heterocycles. The largest absolute Gasteiger partial charge is 0.472 e. The number of pyridine rings is 1. The molecule has 2 aromatic rings. The monoisotopic (exact) mass is 605 g/mol. The summed E-state index contributed by atoms with van der Waals surface area (Å²) in [5.41, 5.74) is -0.643. The first-order valence-electron chi connectivity index (χ1n) is 14.6. The molecule has 11 heteroatoms. The minimum atomic E-state index is -3.24. The molecule has 1 saturated heterocycles. The molecule has 1 saturated carbocycles. The van der Waals surface area contributed by atoms with Crippen molar-refractivity contribution in [3.05, 3.63) is 34.9 Å². The Hall–Kier alpha value is -3.01. The maximum atomic E-state index is 15.8. The number of carbonyl (C=O) groups is 3. The van der Waals surface area contributed by atoms with Crippen LogP contribution in [0.15, 0.2) is 24.3 Å². The Morgan fingerprint density at radius 3 is 2.57 bits per heavy atom. The van der Waals surface area contributed by atoms with Crippen LogP contribution in [0.4, 0.5) is 13.6 Å². The summed E-state index contributed by atoms with van der Waals surface area (Å²) in [5, 5.41) is 3.66. The molecule has 42 heavy (non-hydrogen) atoms. The molecule has 228 valence electrons. The summed E-state index contributed by atoms with van der Waals surface area (Å²) in [5.74, 6) is -4.65. The maximum Gasteiger partial charge on any atom is 0.408 e. The van der Waals surface area contributed by atoms with E-state index < -0.39 is 53.9 Å². The van der Waals surface area contributed by atoms with Crippen LogP contribution < -0.4 is 10.1 Å². The standard InChI is InChI=1S/C31H38ClF2N3O5/c1-16-24-15-37(25(16)17(2)38)28(39)26(30(3,4)5)36-29(40)42-23-13-19(23)8-6-7-11-31(33,34)21-12-18-9-10-20(32)14-22(18)35-27(21)41-24/h9-10,12,14,16,19,23-26H,6-8,11,13,15H2,1-5H3,(H,36,40)/t16-,19-,23-,24+,25+,26-/m1/s1. The van der Waals surface area contributed by atoms with E-state index in [9.17, 15) is 14.4 Å². The molecule has 0 unspecified atom stereocenters. The van der Waals surface area contributed by atoms with Gasteiger partial charge in [0.2, 0.25) is 11.8 Å². The fourth-order valence-corrected chi connectivity index (χ4v) is 6.37. The molecule has 2 bridgehead atoms. The number of ketones is 1. The van der Waals surface area contributed by atoms with E-state index in [-0.39, 0.29) is 42.2 Å². The second-order valence-electron chi connectivity index (χ2n) is 13.1. The van der Waals surface area contributed by atoms with Crippen molar-refractivity contribution in [2.45, 2.75) is 96.9 Å². The number of hydrogen-bond donors (Lipinski definition) is 1. The molecule has 3 heterocycles. The number of alkyl halides is 2. The normalized spacial score (nSPS) is 30.2. The first-order chi connectivity index (χ1) is 19.7. The summed E-state index contributed by atoms with van der Waals surface area (Å²) in [7, 11) is 0. The quantitative estimate of drug-likeness (QED) is 0.412. The molecule has 1 N–H and O–H groups in total. The highest BCUT2D eigenvalue weighted by atomic mass is 35.5. The van der Waals surface area contributed by atoms with Gasteiger partial charge in [0, 0.05) is 22.7 Å². The van der Waals surface area contributed by atoms with Crippen LogP contribution in [0.1, 0.15) is 72.3 Å². The summed E-state index contributed by atoms with van der Waals surface area (Å²) in [4.78, 5) is 45.6. The molecule has 1 aliphatic carbocycles. The van der Waals surface area contributed by atoms with Gasteiger partial charge in [-0.05, 0) is 55.7 Å². The number of aromatic nitrogens is 1. The van der Waals surface area contributed by atoms with E-state index in [4.69, 9.17) is 21.1 Å². The Morgan fingerprint density at radius 2 is 1.88 bits per heavy atom. The summed E-state index contributed by atoms with van der Waals surface area (Å²) in [6.07, 6.45) is -0.0963. The number of ether oxygens (including phenoxy) is 2. The van der Waals surface area contributed by atoms with Crippen molar-refractivity contribution in [3.8, 4) is 5.88 Å². The zero-order valence-corrected chi connectivity index (χ0v) is 25.3.